The highest BCUT2D eigenvalue weighted by Crippen LogP contribution is 2.29. The molecule has 2 heterocycles. The third-order valence-electron chi connectivity index (χ3n) is 2.38. The van der Waals surface area contributed by atoms with Crippen LogP contribution < -0.4 is 0 Å². The van der Waals surface area contributed by atoms with E-state index in [1.807, 2.05) is 24.4 Å². The number of pyridine rings is 1. The highest BCUT2D eigenvalue weighted by Gasteiger charge is 2.05. The first-order valence-electron chi connectivity index (χ1n) is 4.36. The monoisotopic (exact) mass is 246 g/mol. The van der Waals surface area contributed by atoms with E-state index in [0.29, 0.717) is 0 Å². The van der Waals surface area contributed by atoms with Crippen molar-refractivity contribution in [3.8, 4) is 0 Å². The second kappa shape index (κ2) is 2.82. The number of rotatable bonds is 0. The fraction of sp³-hybridized carbons (Fsp3) is 0. The minimum Gasteiger partial charge on any atom is -0.353 e. The minimum atomic E-state index is 1.09. The zero-order valence-corrected chi connectivity index (χ0v) is 8.88. The fourth-order valence-electron chi connectivity index (χ4n) is 1.73. The molecular weight excluding hydrogens is 240 g/mol. The lowest BCUT2D eigenvalue weighted by Gasteiger charge is -1.91. The number of hydrogen-bond donors (Lipinski definition) is 1. The highest BCUT2D eigenvalue weighted by molar-refractivity contribution is 9.10. The van der Waals surface area contributed by atoms with Crippen LogP contribution in [0.2, 0.25) is 0 Å². The summed E-state index contributed by atoms with van der Waals surface area (Å²) in [6.45, 7) is 0. The minimum absolute atomic E-state index is 1.09. The number of nitrogens with zero attached hydrogens (tertiary/aromatic N) is 1. The Bertz CT molecular complexity index is 613. The van der Waals surface area contributed by atoms with Crippen LogP contribution in [0, 0.1) is 0 Å². The molecule has 14 heavy (non-hydrogen) atoms. The van der Waals surface area contributed by atoms with Gasteiger partial charge < -0.3 is 4.98 Å². The average Bonchev–Trinajstić information content (AvgIpc) is 2.59. The Kier molecular flexibility index (Phi) is 1.61. The number of fused-ring (bicyclic) bond motifs is 3. The summed E-state index contributed by atoms with van der Waals surface area (Å²) in [5.41, 5.74) is 2.26. The van der Waals surface area contributed by atoms with E-state index in [0.717, 1.165) is 15.5 Å². The normalized spacial score (nSPS) is 11.2. The smallest absolute Gasteiger partial charge is 0.0609 e. The van der Waals surface area contributed by atoms with E-state index < -0.39 is 0 Å². The van der Waals surface area contributed by atoms with Gasteiger partial charge in [0.2, 0.25) is 0 Å². The molecule has 0 atom stereocenters. The SMILES string of the molecule is Brc1cccc2c1[nH]c1ccncc12. The second-order valence-corrected chi connectivity index (χ2v) is 4.06. The lowest BCUT2D eigenvalue weighted by molar-refractivity contribution is 1.36. The number of nitrogens with one attached hydrogen (secondary N) is 1. The maximum Gasteiger partial charge on any atom is 0.0609 e. The molecule has 3 heteroatoms. The molecule has 2 aromatic heterocycles. The van der Waals surface area contributed by atoms with E-state index in [-0.39, 0.29) is 0 Å². The first-order valence-corrected chi connectivity index (χ1v) is 5.15. The molecule has 1 aromatic carbocycles. The molecule has 1 N–H and O–H groups in total. The van der Waals surface area contributed by atoms with Crippen LogP contribution in [0.15, 0.2) is 41.1 Å². The number of H-pyrrole nitrogens is 1. The summed E-state index contributed by atoms with van der Waals surface area (Å²) >= 11 is 3.52. The maximum absolute atomic E-state index is 4.13. The molecule has 0 amide bonds. The van der Waals surface area contributed by atoms with E-state index in [1.165, 1.54) is 10.8 Å². The molecule has 0 spiro atoms. The Morgan fingerprint density at radius 3 is 3.00 bits per heavy atom. The summed E-state index contributed by atoms with van der Waals surface area (Å²) in [5, 5.41) is 2.38. The average molecular weight is 247 g/mol. The van der Waals surface area contributed by atoms with Crippen molar-refractivity contribution in [1.29, 1.82) is 0 Å². The maximum atomic E-state index is 4.13. The zero-order chi connectivity index (χ0) is 9.54. The molecule has 0 saturated heterocycles. The van der Waals surface area contributed by atoms with Gasteiger partial charge in [0.25, 0.3) is 0 Å². The first kappa shape index (κ1) is 8.00. The van der Waals surface area contributed by atoms with Crippen LogP contribution in [-0.4, -0.2) is 9.97 Å². The molecule has 0 fully saturated rings. The van der Waals surface area contributed by atoms with Gasteiger partial charge in [0.05, 0.1) is 5.52 Å². The van der Waals surface area contributed by atoms with E-state index >= 15 is 0 Å². The van der Waals surface area contributed by atoms with Crippen molar-refractivity contribution in [3.05, 3.63) is 41.1 Å². The predicted octanol–water partition coefficient (Wildman–Crippen LogP) is 3.48. The van der Waals surface area contributed by atoms with Crippen molar-refractivity contribution in [3.63, 3.8) is 0 Å². The van der Waals surface area contributed by atoms with Crippen molar-refractivity contribution in [2.45, 2.75) is 0 Å². The molecule has 68 valence electrons. The van der Waals surface area contributed by atoms with Gasteiger partial charge in [-0.2, -0.15) is 0 Å². The van der Waals surface area contributed by atoms with Crippen LogP contribution in [0.25, 0.3) is 21.8 Å². The number of para-hydroxylation sites is 1. The van der Waals surface area contributed by atoms with E-state index in [4.69, 9.17) is 0 Å². The largest absolute Gasteiger partial charge is 0.353 e. The zero-order valence-electron chi connectivity index (χ0n) is 7.29. The summed E-state index contributed by atoms with van der Waals surface area (Å²) in [4.78, 5) is 7.49. The van der Waals surface area contributed by atoms with Gasteiger partial charge in [-0.3, -0.25) is 4.98 Å². The van der Waals surface area contributed by atoms with E-state index in [2.05, 4.69) is 32.0 Å². The predicted molar refractivity (Wildman–Crippen MR) is 61.3 cm³/mol. The number of benzene rings is 1. The molecule has 3 aromatic rings. The molecule has 3 rings (SSSR count). The number of halogens is 1. The van der Waals surface area contributed by atoms with Crippen LogP contribution in [0.4, 0.5) is 0 Å². The van der Waals surface area contributed by atoms with Gasteiger partial charge in [-0.25, -0.2) is 0 Å². The standard InChI is InChI=1S/C11H7BrN2/c12-9-3-1-2-7-8-6-13-5-4-10(8)14-11(7)9/h1-6,14H. The Balaban J connectivity index is 2.63. The third kappa shape index (κ3) is 0.990. The lowest BCUT2D eigenvalue weighted by atomic mass is 10.2. The molecule has 0 radical (unpaired) electrons. The molecule has 0 unspecified atom stereocenters. The number of hydrogen-bond acceptors (Lipinski definition) is 1. The van der Waals surface area contributed by atoms with E-state index in [1.54, 1.807) is 6.20 Å². The van der Waals surface area contributed by atoms with Crippen molar-refractivity contribution in [1.82, 2.24) is 9.97 Å². The Hall–Kier alpha value is -1.35. The molecule has 2 nitrogen and oxygen atoms in total. The Morgan fingerprint density at radius 1 is 1.14 bits per heavy atom. The van der Waals surface area contributed by atoms with Crippen molar-refractivity contribution in [2.24, 2.45) is 0 Å². The molecule has 0 aliphatic heterocycles. The number of aromatic nitrogens is 2. The first-order chi connectivity index (χ1) is 6.86. The van der Waals surface area contributed by atoms with Gasteiger partial charge in [-0.15, -0.1) is 0 Å². The van der Waals surface area contributed by atoms with Crippen molar-refractivity contribution in [2.75, 3.05) is 0 Å². The van der Waals surface area contributed by atoms with Crippen LogP contribution in [0.3, 0.4) is 0 Å². The molecule has 0 aliphatic rings. The summed E-state index contributed by atoms with van der Waals surface area (Å²) in [7, 11) is 0. The van der Waals surface area contributed by atoms with Crippen molar-refractivity contribution < 1.29 is 0 Å². The summed E-state index contributed by atoms with van der Waals surface area (Å²) in [6, 6.07) is 8.15. The van der Waals surface area contributed by atoms with Gasteiger partial charge in [-0.1, -0.05) is 12.1 Å². The molecule has 0 bridgehead atoms. The highest BCUT2D eigenvalue weighted by atomic mass is 79.9. The van der Waals surface area contributed by atoms with Gasteiger partial charge in [-0.05, 0) is 28.1 Å². The molecular formula is C11H7BrN2. The summed E-state index contributed by atoms with van der Waals surface area (Å²) < 4.78 is 1.09. The third-order valence-corrected chi connectivity index (χ3v) is 3.05. The second-order valence-electron chi connectivity index (χ2n) is 3.21. The lowest BCUT2D eigenvalue weighted by Crippen LogP contribution is -1.69. The van der Waals surface area contributed by atoms with Gasteiger partial charge >= 0.3 is 0 Å². The van der Waals surface area contributed by atoms with Gasteiger partial charge in [0.15, 0.2) is 0 Å². The quantitative estimate of drug-likeness (QED) is 0.647. The summed E-state index contributed by atoms with van der Waals surface area (Å²) in [6.07, 6.45) is 3.69. The van der Waals surface area contributed by atoms with Crippen LogP contribution in [-0.2, 0) is 0 Å². The van der Waals surface area contributed by atoms with Crippen LogP contribution in [0.1, 0.15) is 0 Å². The van der Waals surface area contributed by atoms with E-state index in [9.17, 15) is 0 Å². The van der Waals surface area contributed by atoms with Crippen LogP contribution >= 0.6 is 15.9 Å². The number of aromatic amines is 1. The fourth-order valence-corrected chi connectivity index (χ4v) is 2.19. The molecule has 0 saturated carbocycles. The molecule has 0 aliphatic carbocycles. The summed E-state index contributed by atoms with van der Waals surface area (Å²) in [5.74, 6) is 0. The van der Waals surface area contributed by atoms with Crippen molar-refractivity contribution >= 4 is 37.7 Å². The Morgan fingerprint density at radius 2 is 2.07 bits per heavy atom. The topological polar surface area (TPSA) is 28.7 Å². The van der Waals surface area contributed by atoms with Crippen LogP contribution in [0.5, 0.6) is 0 Å². The Labute approximate surface area is 89.1 Å². The van der Waals surface area contributed by atoms with Gasteiger partial charge in [0.1, 0.15) is 0 Å². The van der Waals surface area contributed by atoms with Gasteiger partial charge in [0, 0.05) is 33.2 Å².